The smallest absolute Gasteiger partial charge is 0.161 e. The molecule has 5 aromatic carbocycles. The Hall–Kier alpha value is -5.73. The van der Waals surface area contributed by atoms with Crippen LogP contribution in [0.5, 0.6) is 0 Å². The van der Waals surface area contributed by atoms with Gasteiger partial charge in [0.05, 0.1) is 28.0 Å². The van der Waals surface area contributed by atoms with Gasteiger partial charge in [0.25, 0.3) is 0 Å². The lowest BCUT2D eigenvalue weighted by Gasteiger charge is -2.13. The van der Waals surface area contributed by atoms with E-state index in [2.05, 4.69) is 47.0 Å². The molecule has 0 unspecified atom stereocenters. The molecule has 0 spiro atoms. The van der Waals surface area contributed by atoms with Gasteiger partial charge in [0, 0.05) is 27.3 Å². The van der Waals surface area contributed by atoms with Crippen LogP contribution < -0.4 is 0 Å². The fraction of sp³-hybridized carbons (Fsp3) is 0. The van der Waals surface area contributed by atoms with Gasteiger partial charge in [-0.15, -0.1) is 0 Å². The molecule has 0 aliphatic carbocycles. The van der Waals surface area contributed by atoms with E-state index in [0.717, 1.165) is 66.4 Å². The number of nitriles is 1. The summed E-state index contributed by atoms with van der Waals surface area (Å²) in [6.45, 7) is 0. The van der Waals surface area contributed by atoms with Crippen LogP contribution in [0, 0.1) is 11.3 Å². The second-order valence-electron chi connectivity index (χ2n) is 9.75. The van der Waals surface area contributed by atoms with Gasteiger partial charge in [-0.3, -0.25) is 0 Å². The van der Waals surface area contributed by atoms with Crippen molar-refractivity contribution in [2.24, 2.45) is 0 Å². The molecule has 0 atom stereocenters. The second-order valence-corrected chi connectivity index (χ2v) is 9.75. The van der Waals surface area contributed by atoms with Crippen molar-refractivity contribution in [2.45, 2.75) is 0 Å². The van der Waals surface area contributed by atoms with E-state index in [1.165, 1.54) is 0 Å². The highest BCUT2D eigenvalue weighted by Gasteiger charge is 2.21. The van der Waals surface area contributed by atoms with Gasteiger partial charge in [-0.05, 0) is 48.5 Å². The molecule has 0 saturated heterocycles. The third kappa shape index (κ3) is 3.27. The van der Waals surface area contributed by atoms with E-state index in [1.54, 1.807) is 0 Å². The summed E-state index contributed by atoms with van der Waals surface area (Å²) in [5.41, 5.74) is 8.45. The summed E-state index contributed by atoms with van der Waals surface area (Å²) in [6, 6.07) is 42.6. The van der Waals surface area contributed by atoms with E-state index < -0.39 is 0 Å². The zero-order chi connectivity index (χ0) is 26.6. The molecule has 0 N–H and O–H groups in total. The lowest BCUT2D eigenvalue weighted by molar-refractivity contribution is 0.673. The SMILES string of the molecule is N#Cc1ccc(-c2nc(-c3ccccc3)c3ccccc3n2)cc1-n1c2ccccc2c2oc3ccccc3c21. The van der Waals surface area contributed by atoms with Gasteiger partial charge in [0.1, 0.15) is 17.2 Å². The lowest BCUT2D eigenvalue weighted by Crippen LogP contribution is -2.00. The first-order valence-corrected chi connectivity index (χ1v) is 13.1. The minimum absolute atomic E-state index is 0.556. The van der Waals surface area contributed by atoms with Crippen LogP contribution in [0.15, 0.2) is 126 Å². The van der Waals surface area contributed by atoms with Crippen LogP contribution in [-0.2, 0) is 0 Å². The van der Waals surface area contributed by atoms with Crippen molar-refractivity contribution in [3.8, 4) is 34.4 Å². The molecular formula is C35H20N4O. The Morgan fingerprint density at radius 3 is 2.23 bits per heavy atom. The van der Waals surface area contributed by atoms with Crippen LogP contribution in [0.1, 0.15) is 5.56 Å². The molecule has 0 aliphatic heterocycles. The molecule has 186 valence electrons. The predicted octanol–water partition coefficient (Wildman–Crippen LogP) is 8.68. The minimum atomic E-state index is 0.556. The zero-order valence-corrected chi connectivity index (χ0v) is 21.2. The molecule has 5 nitrogen and oxygen atoms in total. The number of nitrogens with zero attached hydrogens (tertiary/aromatic N) is 4. The third-order valence-corrected chi connectivity index (χ3v) is 7.45. The molecule has 3 heterocycles. The van der Waals surface area contributed by atoms with E-state index in [-0.39, 0.29) is 0 Å². The normalized spacial score (nSPS) is 11.5. The number of benzene rings is 5. The van der Waals surface area contributed by atoms with Crippen molar-refractivity contribution in [1.29, 1.82) is 5.26 Å². The number of rotatable bonds is 3. The average molecular weight is 513 g/mol. The monoisotopic (exact) mass is 512 g/mol. The number of para-hydroxylation sites is 3. The Labute approximate surface area is 229 Å². The number of furan rings is 1. The Bertz CT molecular complexity index is 2280. The topological polar surface area (TPSA) is 67.6 Å². The van der Waals surface area contributed by atoms with Crippen molar-refractivity contribution in [1.82, 2.24) is 14.5 Å². The molecule has 40 heavy (non-hydrogen) atoms. The molecular weight excluding hydrogens is 492 g/mol. The van der Waals surface area contributed by atoms with E-state index in [1.807, 2.05) is 84.9 Å². The summed E-state index contributed by atoms with van der Waals surface area (Å²) in [5.74, 6) is 0.605. The third-order valence-electron chi connectivity index (χ3n) is 7.45. The maximum atomic E-state index is 10.2. The predicted molar refractivity (Wildman–Crippen MR) is 159 cm³/mol. The van der Waals surface area contributed by atoms with E-state index in [4.69, 9.17) is 14.4 Å². The highest BCUT2D eigenvalue weighted by molar-refractivity contribution is 6.16. The first-order valence-electron chi connectivity index (χ1n) is 13.1. The highest BCUT2D eigenvalue weighted by Crippen LogP contribution is 2.40. The molecule has 8 rings (SSSR count). The average Bonchev–Trinajstić information content (AvgIpc) is 3.55. The van der Waals surface area contributed by atoms with Gasteiger partial charge >= 0.3 is 0 Å². The maximum Gasteiger partial charge on any atom is 0.161 e. The Morgan fingerprint density at radius 1 is 0.650 bits per heavy atom. The van der Waals surface area contributed by atoms with Crippen LogP contribution >= 0.6 is 0 Å². The zero-order valence-electron chi connectivity index (χ0n) is 21.2. The van der Waals surface area contributed by atoms with Gasteiger partial charge < -0.3 is 8.98 Å². The Kier molecular flexibility index (Phi) is 4.82. The van der Waals surface area contributed by atoms with Gasteiger partial charge in [-0.1, -0.05) is 72.8 Å². The summed E-state index contributed by atoms with van der Waals surface area (Å²) in [5, 5.41) is 13.2. The highest BCUT2D eigenvalue weighted by atomic mass is 16.3. The Morgan fingerprint density at radius 2 is 1.38 bits per heavy atom. The summed E-state index contributed by atoms with van der Waals surface area (Å²) in [6.07, 6.45) is 0. The van der Waals surface area contributed by atoms with Crippen LogP contribution in [0.3, 0.4) is 0 Å². The fourth-order valence-corrected chi connectivity index (χ4v) is 5.64. The summed E-state index contributed by atoms with van der Waals surface area (Å²) >= 11 is 0. The van der Waals surface area contributed by atoms with E-state index >= 15 is 0 Å². The molecule has 0 amide bonds. The first-order chi connectivity index (χ1) is 19.8. The second kappa shape index (κ2) is 8.65. The number of hydrogen-bond acceptors (Lipinski definition) is 4. The summed E-state index contributed by atoms with van der Waals surface area (Å²) in [4.78, 5) is 10.0. The molecule has 3 aromatic heterocycles. The standard InChI is InChI=1S/C35H20N4O/c36-21-24-19-18-23(35-37-28-15-7-4-12-25(28)32(38-35)22-10-2-1-3-11-22)20-30(24)39-29-16-8-5-13-26(29)34-33(39)27-14-6-9-17-31(27)40-34/h1-20H. The quantitative estimate of drug-likeness (QED) is 0.237. The molecule has 0 saturated carbocycles. The summed E-state index contributed by atoms with van der Waals surface area (Å²) in [7, 11) is 0. The minimum Gasteiger partial charge on any atom is -0.454 e. The van der Waals surface area contributed by atoms with Gasteiger partial charge in [0.15, 0.2) is 11.4 Å². The molecule has 8 aromatic rings. The van der Waals surface area contributed by atoms with Crippen molar-refractivity contribution in [3.63, 3.8) is 0 Å². The van der Waals surface area contributed by atoms with Gasteiger partial charge in [-0.25, -0.2) is 9.97 Å². The molecule has 0 aliphatic rings. The number of aromatic nitrogens is 3. The van der Waals surface area contributed by atoms with Crippen molar-refractivity contribution >= 4 is 43.9 Å². The van der Waals surface area contributed by atoms with Crippen molar-refractivity contribution in [2.75, 3.05) is 0 Å². The fourth-order valence-electron chi connectivity index (χ4n) is 5.64. The van der Waals surface area contributed by atoms with Gasteiger partial charge in [0.2, 0.25) is 0 Å². The summed E-state index contributed by atoms with van der Waals surface area (Å²) < 4.78 is 8.48. The van der Waals surface area contributed by atoms with Crippen molar-refractivity contribution < 1.29 is 4.42 Å². The number of hydrogen-bond donors (Lipinski definition) is 0. The van der Waals surface area contributed by atoms with Crippen LogP contribution in [0.25, 0.3) is 72.2 Å². The number of fused-ring (bicyclic) bond motifs is 6. The molecule has 0 bridgehead atoms. The molecule has 5 heteroatoms. The molecule has 0 radical (unpaired) electrons. The van der Waals surface area contributed by atoms with E-state index in [9.17, 15) is 5.26 Å². The van der Waals surface area contributed by atoms with E-state index in [0.29, 0.717) is 11.4 Å². The van der Waals surface area contributed by atoms with Crippen LogP contribution in [-0.4, -0.2) is 14.5 Å². The van der Waals surface area contributed by atoms with Crippen molar-refractivity contribution in [3.05, 3.63) is 127 Å². The largest absolute Gasteiger partial charge is 0.454 e. The Balaban J connectivity index is 1.43. The van der Waals surface area contributed by atoms with Crippen LogP contribution in [0.4, 0.5) is 0 Å². The first kappa shape index (κ1) is 22.3. The lowest BCUT2D eigenvalue weighted by atomic mass is 10.0. The maximum absolute atomic E-state index is 10.2. The van der Waals surface area contributed by atoms with Gasteiger partial charge in [-0.2, -0.15) is 5.26 Å². The van der Waals surface area contributed by atoms with Crippen LogP contribution in [0.2, 0.25) is 0 Å². The molecule has 0 fully saturated rings.